The van der Waals surface area contributed by atoms with Gasteiger partial charge in [0.25, 0.3) is 0 Å². The zero-order chi connectivity index (χ0) is 12.5. The molecule has 1 fully saturated rings. The van der Waals surface area contributed by atoms with E-state index in [1.165, 1.54) is 0 Å². The molecule has 0 radical (unpaired) electrons. The number of nitrogen functional groups attached to an aromatic ring is 1. The molecule has 0 atom stereocenters. The number of rotatable bonds is 2. The summed E-state index contributed by atoms with van der Waals surface area (Å²) in [6.07, 6.45) is 5.13. The van der Waals surface area contributed by atoms with Gasteiger partial charge in [0.15, 0.2) is 0 Å². The molecule has 1 heterocycles. The second-order valence-electron chi connectivity index (χ2n) is 4.98. The maximum atomic E-state index is 10.8. The van der Waals surface area contributed by atoms with Crippen molar-refractivity contribution in [2.45, 2.75) is 44.2 Å². The summed E-state index contributed by atoms with van der Waals surface area (Å²) in [5.74, 6) is 0.468. The smallest absolute Gasteiger partial charge is 0.129 e. The summed E-state index contributed by atoms with van der Waals surface area (Å²) in [6.45, 7) is 1.98. The van der Waals surface area contributed by atoms with Gasteiger partial charge >= 0.3 is 0 Å². The van der Waals surface area contributed by atoms with Crippen LogP contribution in [0, 0.1) is 6.92 Å². The molecule has 4 heteroatoms. The van der Waals surface area contributed by atoms with Crippen molar-refractivity contribution in [2.75, 3.05) is 12.8 Å². The van der Waals surface area contributed by atoms with Crippen molar-refractivity contribution in [3.63, 3.8) is 0 Å². The number of nitrogens with one attached hydrogen (secondary N) is 1. The zero-order valence-electron chi connectivity index (χ0n) is 10.5. The molecular weight excluding hydrogens is 214 g/mol. The number of nitrogens with two attached hydrogens (primary N) is 1. The Hall–Kier alpha value is -1.13. The number of aromatic nitrogens is 1. The first kappa shape index (κ1) is 12.3. The van der Waals surface area contributed by atoms with Gasteiger partial charge in [0.05, 0.1) is 5.60 Å². The number of anilines is 1. The lowest BCUT2D eigenvalue weighted by Crippen LogP contribution is -2.39. The van der Waals surface area contributed by atoms with E-state index in [1.807, 2.05) is 20.0 Å². The van der Waals surface area contributed by atoms with Crippen LogP contribution in [0.15, 0.2) is 12.3 Å². The third-order valence-electron chi connectivity index (χ3n) is 3.87. The highest BCUT2D eigenvalue weighted by Gasteiger charge is 2.37. The Bertz CT molecular complexity index is 377. The van der Waals surface area contributed by atoms with Crippen LogP contribution in [0.2, 0.25) is 0 Å². The largest absolute Gasteiger partial charge is 0.385 e. The molecule has 4 N–H and O–H groups in total. The normalized spacial score (nSPS) is 29.2. The molecule has 1 aliphatic rings. The minimum Gasteiger partial charge on any atom is -0.385 e. The third kappa shape index (κ3) is 2.28. The molecule has 0 amide bonds. The quantitative estimate of drug-likeness (QED) is 0.723. The number of hydrogen-bond donors (Lipinski definition) is 3. The van der Waals surface area contributed by atoms with E-state index in [0.29, 0.717) is 11.9 Å². The van der Waals surface area contributed by atoms with Crippen LogP contribution in [0.25, 0.3) is 0 Å². The van der Waals surface area contributed by atoms with Crippen LogP contribution in [0.1, 0.15) is 36.8 Å². The van der Waals surface area contributed by atoms with E-state index in [4.69, 9.17) is 5.73 Å². The number of pyridine rings is 1. The Balaban J connectivity index is 2.27. The van der Waals surface area contributed by atoms with Gasteiger partial charge in [-0.15, -0.1) is 0 Å². The predicted octanol–water partition coefficient (Wildman–Crippen LogP) is 1.32. The Morgan fingerprint density at radius 1 is 1.47 bits per heavy atom. The second-order valence-corrected chi connectivity index (χ2v) is 4.98. The van der Waals surface area contributed by atoms with Crippen LogP contribution in [-0.4, -0.2) is 23.2 Å². The zero-order valence-corrected chi connectivity index (χ0v) is 10.5. The summed E-state index contributed by atoms with van der Waals surface area (Å²) in [4.78, 5) is 4.10. The highest BCUT2D eigenvalue weighted by Crippen LogP contribution is 2.40. The van der Waals surface area contributed by atoms with Crippen molar-refractivity contribution in [3.8, 4) is 0 Å². The van der Waals surface area contributed by atoms with Crippen molar-refractivity contribution >= 4 is 5.82 Å². The van der Waals surface area contributed by atoms with Gasteiger partial charge in [-0.1, -0.05) is 0 Å². The molecular formula is C13H21N3O. The summed E-state index contributed by atoms with van der Waals surface area (Å²) in [5, 5.41) is 14.0. The number of nitrogens with zero attached hydrogens (tertiary/aromatic N) is 1. The molecule has 1 aliphatic carbocycles. The van der Waals surface area contributed by atoms with Crippen molar-refractivity contribution in [2.24, 2.45) is 0 Å². The standard InChI is InChI=1S/C13H21N3O/c1-9-5-8-16-12(14)11(9)13(17)6-3-10(15-2)4-7-13/h5,8,10,15,17H,3-4,6-7H2,1-2H3,(H2,14,16). The van der Waals surface area contributed by atoms with Crippen LogP contribution in [0.4, 0.5) is 5.82 Å². The molecule has 0 bridgehead atoms. The van der Waals surface area contributed by atoms with E-state index in [2.05, 4.69) is 10.3 Å². The van der Waals surface area contributed by atoms with E-state index in [-0.39, 0.29) is 0 Å². The molecule has 0 unspecified atom stereocenters. The molecule has 0 aliphatic heterocycles. The predicted molar refractivity (Wildman–Crippen MR) is 68.6 cm³/mol. The summed E-state index contributed by atoms with van der Waals surface area (Å²) in [6, 6.07) is 2.42. The molecule has 4 nitrogen and oxygen atoms in total. The fraction of sp³-hybridized carbons (Fsp3) is 0.615. The van der Waals surface area contributed by atoms with Crippen molar-refractivity contribution < 1.29 is 5.11 Å². The van der Waals surface area contributed by atoms with Gasteiger partial charge in [-0.2, -0.15) is 0 Å². The maximum absolute atomic E-state index is 10.8. The van der Waals surface area contributed by atoms with Crippen LogP contribution in [0.5, 0.6) is 0 Å². The van der Waals surface area contributed by atoms with Gasteiger partial charge in [0.2, 0.25) is 0 Å². The van der Waals surface area contributed by atoms with Crippen LogP contribution < -0.4 is 11.1 Å². The topological polar surface area (TPSA) is 71.2 Å². The van der Waals surface area contributed by atoms with Gasteiger partial charge in [0.1, 0.15) is 5.82 Å². The Morgan fingerprint density at radius 3 is 2.65 bits per heavy atom. The number of aryl methyl sites for hydroxylation is 1. The van der Waals surface area contributed by atoms with Gasteiger partial charge in [-0.05, 0) is 51.3 Å². The molecule has 1 aromatic heterocycles. The van der Waals surface area contributed by atoms with Crippen LogP contribution in [-0.2, 0) is 5.60 Å². The Kier molecular flexibility index (Phi) is 3.35. The first-order valence-corrected chi connectivity index (χ1v) is 6.18. The SMILES string of the molecule is CNC1CCC(O)(c2c(C)ccnc2N)CC1. The average Bonchev–Trinajstić information content (AvgIpc) is 2.29. The molecule has 0 spiro atoms. The first-order chi connectivity index (χ1) is 8.07. The summed E-state index contributed by atoms with van der Waals surface area (Å²) in [7, 11) is 1.97. The van der Waals surface area contributed by atoms with Crippen LogP contribution >= 0.6 is 0 Å². The highest BCUT2D eigenvalue weighted by atomic mass is 16.3. The molecule has 1 saturated carbocycles. The van der Waals surface area contributed by atoms with E-state index in [1.54, 1.807) is 6.20 Å². The number of hydrogen-bond acceptors (Lipinski definition) is 4. The molecule has 0 saturated heterocycles. The Morgan fingerprint density at radius 2 is 2.12 bits per heavy atom. The lowest BCUT2D eigenvalue weighted by atomic mass is 9.76. The van der Waals surface area contributed by atoms with Gasteiger partial charge < -0.3 is 16.2 Å². The van der Waals surface area contributed by atoms with Gasteiger partial charge in [-0.3, -0.25) is 0 Å². The average molecular weight is 235 g/mol. The van der Waals surface area contributed by atoms with E-state index < -0.39 is 5.60 Å². The second kappa shape index (κ2) is 4.63. The van der Waals surface area contributed by atoms with Crippen LogP contribution in [0.3, 0.4) is 0 Å². The lowest BCUT2D eigenvalue weighted by Gasteiger charge is -2.37. The molecule has 2 rings (SSSR count). The molecule has 17 heavy (non-hydrogen) atoms. The van der Waals surface area contributed by atoms with Gasteiger partial charge in [0, 0.05) is 17.8 Å². The fourth-order valence-corrected chi connectivity index (χ4v) is 2.82. The van der Waals surface area contributed by atoms with Gasteiger partial charge in [-0.25, -0.2) is 4.98 Å². The number of aliphatic hydroxyl groups is 1. The minimum atomic E-state index is -0.796. The minimum absolute atomic E-state index is 0.468. The van der Waals surface area contributed by atoms with E-state index >= 15 is 0 Å². The highest BCUT2D eigenvalue weighted by molar-refractivity contribution is 5.48. The van der Waals surface area contributed by atoms with E-state index in [0.717, 1.165) is 36.8 Å². The Labute approximate surface area is 102 Å². The summed E-state index contributed by atoms with van der Waals surface area (Å²) < 4.78 is 0. The summed E-state index contributed by atoms with van der Waals surface area (Å²) in [5.41, 5.74) is 6.98. The maximum Gasteiger partial charge on any atom is 0.129 e. The summed E-state index contributed by atoms with van der Waals surface area (Å²) >= 11 is 0. The molecule has 94 valence electrons. The fourth-order valence-electron chi connectivity index (χ4n) is 2.82. The van der Waals surface area contributed by atoms with Crippen molar-refractivity contribution in [3.05, 3.63) is 23.4 Å². The van der Waals surface area contributed by atoms with Crippen molar-refractivity contribution in [1.29, 1.82) is 0 Å². The molecule has 0 aromatic carbocycles. The first-order valence-electron chi connectivity index (χ1n) is 6.18. The van der Waals surface area contributed by atoms with Crippen molar-refractivity contribution in [1.82, 2.24) is 10.3 Å². The monoisotopic (exact) mass is 235 g/mol. The van der Waals surface area contributed by atoms with E-state index in [9.17, 15) is 5.11 Å². The third-order valence-corrected chi connectivity index (χ3v) is 3.87. The molecule has 1 aromatic rings. The lowest BCUT2D eigenvalue weighted by molar-refractivity contribution is -0.00769.